The number of Topliss-reactive ketones (excluding diaryl/α,β-unsaturated/α-hetero) is 1. The SMILES string of the molecule is CC(C)C(=O)CN(CCC#N)Cc1cccnc1. The van der Waals surface area contributed by atoms with Gasteiger partial charge >= 0.3 is 0 Å². The molecule has 4 nitrogen and oxygen atoms in total. The van der Waals surface area contributed by atoms with E-state index in [1.165, 1.54) is 0 Å². The molecule has 0 aromatic carbocycles. The van der Waals surface area contributed by atoms with E-state index in [-0.39, 0.29) is 11.7 Å². The van der Waals surface area contributed by atoms with Crippen LogP contribution in [0.1, 0.15) is 25.8 Å². The first-order valence-corrected chi connectivity index (χ1v) is 6.14. The van der Waals surface area contributed by atoms with E-state index in [2.05, 4.69) is 11.1 Å². The minimum absolute atomic E-state index is 0.0310. The van der Waals surface area contributed by atoms with Gasteiger partial charge in [-0.15, -0.1) is 0 Å². The minimum Gasteiger partial charge on any atom is -0.298 e. The summed E-state index contributed by atoms with van der Waals surface area (Å²) >= 11 is 0. The maximum absolute atomic E-state index is 11.8. The van der Waals surface area contributed by atoms with Crippen LogP contribution in [0.5, 0.6) is 0 Å². The van der Waals surface area contributed by atoms with Crippen molar-refractivity contribution in [2.24, 2.45) is 5.92 Å². The summed E-state index contributed by atoms with van der Waals surface area (Å²) in [5.74, 6) is 0.236. The zero-order valence-corrected chi connectivity index (χ0v) is 11.0. The summed E-state index contributed by atoms with van der Waals surface area (Å²) in [6, 6.07) is 5.97. The van der Waals surface area contributed by atoms with E-state index in [4.69, 9.17) is 5.26 Å². The van der Waals surface area contributed by atoms with E-state index in [1.54, 1.807) is 12.4 Å². The van der Waals surface area contributed by atoms with Gasteiger partial charge < -0.3 is 0 Å². The summed E-state index contributed by atoms with van der Waals surface area (Å²) < 4.78 is 0. The number of carbonyl (C=O) groups is 1. The standard InChI is InChI=1S/C14H19N3O/c1-12(2)14(18)11-17(8-4-6-15)10-13-5-3-7-16-9-13/h3,5,7,9,12H,4,8,10-11H2,1-2H3. The van der Waals surface area contributed by atoms with Gasteiger partial charge in [-0.3, -0.25) is 14.7 Å². The number of ketones is 1. The predicted octanol–water partition coefficient (Wildman–Crippen LogP) is 2.02. The second-order valence-electron chi connectivity index (χ2n) is 4.60. The van der Waals surface area contributed by atoms with Crippen molar-refractivity contribution in [2.75, 3.05) is 13.1 Å². The molecule has 1 aromatic rings. The Morgan fingerprint density at radius 2 is 2.33 bits per heavy atom. The smallest absolute Gasteiger partial charge is 0.149 e. The third-order valence-corrected chi connectivity index (χ3v) is 2.69. The topological polar surface area (TPSA) is 57.0 Å². The third-order valence-electron chi connectivity index (χ3n) is 2.69. The highest BCUT2D eigenvalue weighted by Gasteiger charge is 2.13. The van der Waals surface area contributed by atoms with Crippen molar-refractivity contribution >= 4 is 5.78 Å². The lowest BCUT2D eigenvalue weighted by molar-refractivity contribution is -0.123. The van der Waals surface area contributed by atoms with Gasteiger partial charge in [-0.2, -0.15) is 5.26 Å². The zero-order chi connectivity index (χ0) is 13.4. The molecule has 18 heavy (non-hydrogen) atoms. The molecule has 1 rings (SSSR count). The summed E-state index contributed by atoms with van der Waals surface area (Å²) in [5.41, 5.74) is 1.06. The monoisotopic (exact) mass is 245 g/mol. The lowest BCUT2D eigenvalue weighted by Gasteiger charge is -2.21. The molecule has 0 bridgehead atoms. The van der Waals surface area contributed by atoms with Crippen LogP contribution in [0.15, 0.2) is 24.5 Å². The molecule has 0 radical (unpaired) electrons. The van der Waals surface area contributed by atoms with Crippen LogP contribution >= 0.6 is 0 Å². The molecule has 0 atom stereocenters. The van der Waals surface area contributed by atoms with Crippen LogP contribution in [0.25, 0.3) is 0 Å². The van der Waals surface area contributed by atoms with E-state index < -0.39 is 0 Å². The number of nitriles is 1. The lowest BCUT2D eigenvalue weighted by Crippen LogP contribution is -2.32. The molecule has 0 saturated heterocycles. The largest absolute Gasteiger partial charge is 0.298 e. The normalized spacial score (nSPS) is 10.6. The van der Waals surface area contributed by atoms with Crippen molar-refractivity contribution in [3.05, 3.63) is 30.1 Å². The first kappa shape index (κ1) is 14.3. The van der Waals surface area contributed by atoms with E-state index >= 15 is 0 Å². The number of pyridine rings is 1. The number of carbonyl (C=O) groups excluding carboxylic acids is 1. The molecular weight excluding hydrogens is 226 g/mol. The van der Waals surface area contributed by atoms with Crippen molar-refractivity contribution in [3.63, 3.8) is 0 Å². The molecule has 96 valence electrons. The molecule has 0 aliphatic carbocycles. The van der Waals surface area contributed by atoms with Crippen molar-refractivity contribution in [1.82, 2.24) is 9.88 Å². The Balaban J connectivity index is 2.61. The highest BCUT2D eigenvalue weighted by molar-refractivity contribution is 5.82. The third kappa shape index (κ3) is 5.07. The fraction of sp³-hybridized carbons (Fsp3) is 0.500. The summed E-state index contributed by atoms with van der Waals surface area (Å²) in [4.78, 5) is 17.8. The van der Waals surface area contributed by atoms with Gasteiger partial charge in [0.15, 0.2) is 0 Å². The van der Waals surface area contributed by atoms with Crippen LogP contribution in [-0.2, 0) is 11.3 Å². The molecule has 0 saturated carbocycles. The minimum atomic E-state index is 0.0310. The lowest BCUT2D eigenvalue weighted by atomic mass is 10.1. The number of aromatic nitrogens is 1. The van der Waals surface area contributed by atoms with Crippen LogP contribution in [0.2, 0.25) is 0 Å². The van der Waals surface area contributed by atoms with Crippen molar-refractivity contribution in [1.29, 1.82) is 5.26 Å². The van der Waals surface area contributed by atoms with E-state index in [1.807, 2.05) is 30.9 Å². The van der Waals surface area contributed by atoms with E-state index in [0.29, 0.717) is 26.1 Å². The van der Waals surface area contributed by atoms with Crippen LogP contribution in [0, 0.1) is 17.2 Å². The highest BCUT2D eigenvalue weighted by Crippen LogP contribution is 2.06. The Morgan fingerprint density at radius 1 is 1.56 bits per heavy atom. The maximum Gasteiger partial charge on any atom is 0.149 e. The quantitative estimate of drug-likeness (QED) is 0.737. The van der Waals surface area contributed by atoms with Crippen LogP contribution in [0.4, 0.5) is 0 Å². The maximum atomic E-state index is 11.8. The Morgan fingerprint density at radius 3 is 2.89 bits per heavy atom. The summed E-state index contributed by atoms with van der Waals surface area (Å²) in [6.07, 6.45) is 3.95. The molecule has 4 heteroatoms. The summed E-state index contributed by atoms with van der Waals surface area (Å²) in [7, 11) is 0. The fourth-order valence-electron chi connectivity index (χ4n) is 1.57. The number of rotatable bonds is 7. The number of hydrogen-bond donors (Lipinski definition) is 0. The van der Waals surface area contributed by atoms with Crippen molar-refractivity contribution in [2.45, 2.75) is 26.8 Å². The van der Waals surface area contributed by atoms with Crippen LogP contribution in [-0.4, -0.2) is 28.8 Å². The molecule has 1 heterocycles. The van der Waals surface area contributed by atoms with Gasteiger partial charge in [-0.05, 0) is 11.6 Å². The second-order valence-corrected chi connectivity index (χ2v) is 4.60. The molecular formula is C14H19N3O. The molecule has 0 fully saturated rings. The predicted molar refractivity (Wildman–Crippen MR) is 69.6 cm³/mol. The van der Waals surface area contributed by atoms with Crippen LogP contribution in [0.3, 0.4) is 0 Å². The van der Waals surface area contributed by atoms with Gasteiger partial charge in [-0.1, -0.05) is 19.9 Å². The van der Waals surface area contributed by atoms with Crippen molar-refractivity contribution in [3.8, 4) is 6.07 Å². The Hall–Kier alpha value is -1.73. The average Bonchev–Trinajstić information content (AvgIpc) is 2.37. The second kappa shape index (κ2) is 7.57. The first-order valence-electron chi connectivity index (χ1n) is 6.14. The Labute approximate surface area is 108 Å². The van der Waals surface area contributed by atoms with Gasteiger partial charge in [0.05, 0.1) is 12.6 Å². The Bertz CT molecular complexity index is 409. The van der Waals surface area contributed by atoms with Gasteiger partial charge in [0, 0.05) is 37.8 Å². The number of nitrogens with zero attached hydrogens (tertiary/aromatic N) is 3. The van der Waals surface area contributed by atoms with Gasteiger partial charge in [0.1, 0.15) is 5.78 Å². The van der Waals surface area contributed by atoms with Crippen molar-refractivity contribution < 1.29 is 4.79 Å². The molecule has 0 amide bonds. The average molecular weight is 245 g/mol. The van der Waals surface area contributed by atoms with E-state index in [0.717, 1.165) is 5.56 Å². The molecule has 0 N–H and O–H groups in total. The molecule has 0 aliphatic rings. The molecule has 0 aliphatic heterocycles. The molecule has 1 aromatic heterocycles. The zero-order valence-electron chi connectivity index (χ0n) is 11.0. The molecule has 0 unspecified atom stereocenters. The van der Waals surface area contributed by atoms with E-state index in [9.17, 15) is 4.79 Å². The van der Waals surface area contributed by atoms with Gasteiger partial charge in [-0.25, -0.2) is 0 Å². The summed E-state index contributed by atoms with van der Waals surface area (Å²) in [5, 5.41) is 8.65. The van der Waals surface area contributed by atoms with Crippen LogP contribution < -0.4 is 0 Å². The Kier molecular flexibility index (Phi) is 6.03. The summed E-state index contributed by atoms with van der Waals surface area (Å²) in [6.45, 7) is 5.47. The fourth-order valence-corrected chi connectivity index (χ4v) is 1.57. The van der Waals surface area contributed by atoms with Gasteiger partial charge in [0.2, 0.25) is 0 Å². The number of hydrogen-bond acceptors (Lipinski definition) is 4. The first-order chi connectivity index (χ1) is 8.63. The highest BCUT2D eigenvalue weighted by atomic mass is 16.1. The molecule has 0 spiro atoms. The van der Waals surface area contributed by atoms with Gasteiger partial charge in [0.25, 0.3) is 0 Å².